The maximum Gasteiger partial charge on any atom is 0.225 e. The number of nitriles is 1. The first-order valence-corrected chi connectivity index (χ1v) is 4.06. The average molecular weight is 175 g/mol. The van der Waals surface area contributed by atoms with Crippen molar-refractivity contribution in [1.82, 2.24) is 0 Å². The minimum Gasteiger partial charge on any atom is -0.484 e. The minimum atomic E-state index is -0.853. The summed E-state index contributed by atoms with van der Waals surface area (Å²) in [6.45, 7) is 1.99. The van der Waals surface area contributed by atoms with Gasteiger partial charge in [0.15, 0.2) is 11.5 Å². The third-order valence-corrected chi connectivity index (χ3v) is 1.92. The van der Waals surface area contributed by atoms with E-state index in [1.165, 1.54) is 0 Å². The number of hydrogen-bond acceptors (Lipinski definition) is 3. The lowest BCUT2D eigenvalue weighted by Crippen LogP contribution is -2.40. The van der Waals surface area contributed by atoms with Gasteiger partial charge in [-0.25, -0.2) is 0 Å². The second-order valence-electron chi connectivity index (χ2n) is 3.18. The number of para-hydroxylation sites is 2. The second-order valence-corrected chi connectivity index (χ2v) is 3.18. The Kier molecular flexibility index (Phi) is 1.63. The number of fused-ring (bicyclic) bond motifs is 1. The molecule has 0 aliphatic carbocycles. The van der Waals surface area contributed by atoms with Crippen LogP contribution in [0.5, 0.6) is 11.5 Å². The molecule has 1 heterocycles. The van der Waals surface area contributed by atoms with Crippen molar-refractivity contribution in [2.45, 2.75) is 12.5 Å². The SMILES string of the molecule is C[C@]1(C#N)COc2ccccc2O1. The van der Waals surface area contributed by atoms with Crippen molar-refractivity contribution in [3.05, 3.63) is 24.3 Å². The second kappa shape index (κ2) is 2.67. The molecule has 13 heavy (non-hydrogen) atoms. The van der Waals surface area contributed by atoms with Crippen LogP contribution >= 0.6 is 0 Å². The molecule has 0 N–H and O–H groups in total. The van der Waals surface area contributed by atoms with Gasteiger partial charge in [0, 0.05) is 0 Å². The highest BCUT2D eigenvalue weighted by Crippen LogP contribution is 2.34. The van der Waals surface area contributed by atoms with Gasteiger partial charge in [-0.15, -0.1) is 0 Å². The van der Waals surface area contributed by atoms with Crippen LogP contribution in [0.2, 0.25) is 0 Å². The summed E-state index contributed by atoms with van der Waals surface area (Å²) in [5.74, 6) is 1.34. The molecule has 3 nitrogen and oxygen atoms in total. The fourth-order valence-corrected chi connectivity index (χ4v) is 1.20. The molecule has 3 heteroatoms. The Morgan fingerprint density at radius 3 is 2.77 bits per heavy atom. The van der Waals surface area contributed by atoms with Crippen molar-refractivity contribution in [3.63, 3.8) is 0 Å². The Bertz CT molecular complexity index is 369. The summed E-state index contributed by atoms with van der Waals surface area (Å²) in [5, 5.41) is 8.82. The summed E-state index contributed by atoms with van der Waals surface area (Å²) in [6.07, 6.45) is 0. The van der Waals surface area contributed by atoms with Gasteiger partial charge in [0.25, 0.3) is 0 Å². The molecule has 66 valence electrons. The largest absolute Gasteiger partial charge is 0.484 e. The molecule has 1 aliphatic rings. The normalized spacial score (nSPS) is 24.9. The maximum absolute atomic E-state index is 8.82. The summed E-state index contributed by atoms with van der Waals surface area (Å²) in [6, 6.07) is 9.42. The van der Waals surface area contributed by atoms with Crippen molar-refractivity contribution in [2.75, 3.05) is 6.61 Å². The van der Waals surface area contributed by atoms with E-state index in [2.05, 4.69) is 6.07 Å². The molecule has 1 atom stereocenters. The van der Waals surface area contributed by atoms with Crippen molar-refractivity contribution >= 4 is 0 Å². The van der Waals surface area contributed by atoms with Crippen LogP contribution in [0.15, 0.2) is 24.3 Å². The fourth-order valence-electron chi connectivity index (χ4n) is 1.20. The van der Waals surface area contributed by atoms with Crippen LogP contribution in [-0.2, 0) is 0 Å². The molecular formula is C10H9NO2. The zero-order chi connectivity index (χ0) is 9.31. The predicted octanol–water partition coefficient (Wildman–Crippen LogP) is 1.74. The standard InChI is InChI=1S/C10H9NO2/c1-10(6-11)7-12-8-4-2-3-5-9(8)13-10/h2-5H,7H2,1H3/t10-/m0/s1. The van der Waals surface area contributed by atoms with E-state index in [1.807, 2.05) is 18.2 Å². The zero-order valence-electron chi connectivity index (χ0n) is 7.28. The highest BCUT2D eigenvalue weighted by molar-refractivity contribution is 5.42. The van der Waals surface area contributed by atoms with E-state index in [-0.39, 0.29) is 6.61 Å². The predicted molar refractivity (Wildman–Crippen MR) is 46.6 cm³/mol. The van der Waals surface area contributed by atoms with E-state index in [4.69, 9.17) is 14.7 Å². The van der Waals surface area contributed by atoms with Crippen molar-refractivity contribution < 1.29 is 9.47 Å². The molecular weight excluding hydrogens is 166 g/mol. The van der Waals surface area contributed by atoms with Crippen molar-refractivity contribution in [3.8, 4) is 17.6 Å². The molecule has 0 saturated heterocycles. The molecule has 0 amide bonds. The average Bonchev–Trinajstić information content (AvgIpc) is 2.18. The topological polar surface area (TPSA) is 42.2 Å². The van der Waals surface area contributed by atoms with Gasteiger partial charge in [-0.1, -0.05) is 12.1 Å². The van der Waals surface area contributed by atoms with Gasteiger partial charge in [-0.2, -0.15) is 5.26 Å². The van der Waals surface area contributed by atoms with Crippen LogP contribution in [0, 0.1) is 11.3 Å². The van der Waals surface area contributed by atoms with Crippen LogP contribution in [0.1, 0.15) is 6.92 Å². The summed E-state index contributed by atoms with van der Waals surface area (Å²) in [7, 11) is 0. The van der Waals surface area contributed by atoms with Gasteiger partial charge in [0.1, 0.15) is 12.7 Å². The Labute approximate surface area is 76.5 Å². The molecule has 2 rings (SSSR count). The van der Waals surface area contributed by atoms with Crippen molar-refractivity contribution in [1.29, 1.82) is 5.26 Å². The first-order chi connectivity index (χ1) is 6.23. The molecule has 0 unspecified atom stereocenters. The molecule has 1 aliphatic heterocycles. The number of hydrogen-bond donors (Lipinski definition) is 0. The van der Waals surface area contributed by atoms with E-state index in [9.17, 15) is 0 Å². The molecule has 0 fully saturated rings. The first kappa shape index (κ1) is 7.93. The third-order valence-electron chi connectivity index (χ3n) is 1.92. The van der Waals surface area contributed by atoms with E-state index in [0.29, 0.717) is 11.5 Å². The quantitative estimate of drug-likeness (QED) is 0.603. The Balaban J connectivity index is 2.36. The molecule has 0 bridgehead atoms. The number of ether oxygens (including phenoxy) is 2. The summed E-state index contributed by atoms with van der Waals surface area (Å²) in [5.41, 5.74) is -0.853. The molecule has 0 radical (unpaired) electrons. The molecule has 1 aromatic carbocycles. The Hall–Kier alpha value is -1.69. The molecule has 0 aromatic heterocycles. The lowest BCUT2D eigenvalue weighted by Gasteiger charge is -2.29. The zero-order valence-corrected chi connectivity index (χ0v) is 7.28. The third kappa shape index (κ3) is 1.31. The van der Waals surface area contributed by atoms with Gasteiger partial charge in [0.05, 0.1) is 0 Å². The summed E-state index contributed by atoms with van der Waals surface area (Å²) in [4.78, 5) is 0. The van der Waals surface area contributed by atoms with Gasteiger partial charge in [-0.05, 0) is 19.1 Å². The van der Waals surface area contributed by atoms with Crippen LogP contribution < -0.4 is 9.47 Å². The van der Waals surface area contributed by atoms with Crippen LogP contribution in [0.3, 0.4) is 0 Å². The summed E-state index contributed by atoms with van der Waals surface area (Å²) >= 11 is 0. The van der Waals surface area contributed by atoms with Crippen LogP contribution in [-0.4, -0.2) is 12.2 Å². The van der Waals surface area contributed by atoms with E-state index >= 15 is 0 Å². The number of rotatable bonds is 0. The lowest BCUT2D eigenvalue weighted by molar-refractivity contribution is 0.0503. The lowest BCUT2D eigenvalue weighted by atomic mass is 10.1. The van der Waals surface area contributed by atoms with Crippen LogP contribution in [0.25, 0.3) is 0 Å². The number of benzene rings is 1. The smallest absolute Gasteiger partial charge is 0.225 e. The molecule has 1 aromatic rings. The monoisotopic (exact) mass is 175 g/mol. The maximum atomic E-state index is 8.82. The first-order valence-electron chi connectivity index (χ1n) is 4.06. The van der Waals surface area contributed by atoms with Crippen LogP contribution in [0.4, 0.5) is 0 Å². The van der Waals surface area contributed by atoms with Gasteiger partial charge in [-0.3, -0.25) is 0 Å². The van der Waals surface area contributed by atoms with Gasteiger partial charge in [0.2, 0.25) is 5.60 Å². The highest BCUT2D eigenvalue weighted by Gasteiger charge is 2.32. The van der Waals surface area contributed by atoms with E-state index < -0.39 is 5.60 Å². The minimum absolute atomic E-state index is 0.278. The highest BCUT2D eigenvalue weighted by atomic mass is 16.6. The molecule has 0 saturated carbocycles. The number of nitrogens with zero attached hydrogens (tertiary/aromatic N) is 1. The van der Waals surface area contributed by atoms with E-state index in [0.717, 1.165) is 0 Å². The Morgan fingerprint density at radius 1 is 1.38 bits per heavy atom. The molecule has 0 spiro atoms. The van der Waals surface area contributed by atoms with Crippen molar-refractivity contribution in [2.24, 2.45) is 0 Å². The fraction of sp³-hybridized carbons (Fsp3) is 0.300. The summed E-state index contributed by atoms with van der Waals surface area (Å²) < 4.78 is 10.9. The van der Waals surface area contributed by atoms with Gasteiger partial charge < -0.3 is 9.47 Å². The van der Waals surface area contributed by atoms with Gasteiger partial charge >= 0.3 is 0 Å². The van der Waals surface area contributed by atoms with E-state index in [1.54, 1.807) is 13.0 Å². The Morgan fingerprint density at radius 2 is 2.08 bits per heavy atom.